The summed E-state index contributed by atoms with van der Waals surface area (Å²) in [6.07, 6.45) is 6.74. The zero-order chi connectivity index (χ0) is 38.6. The van der Waals surface area contributed by atoms with Crippen LogP contribution in [0.1, 0.15) is 72.6 Å². The molecule has 0 amide bonds. The molecule has 53 heavy (non-hydrogen) atoms. The van der Waals surface area contributed by atoms with Gasteiger partial charge in [-0.25, -0.2) is 16.8 Å². The van der Waals surface area contributed by atoms with E-state index in [0.717, 1.165) is 81.3 Å². The van der Waals surface area contributed by atoms with Gasteiger partial charge in [0.1, 0.15) is 26.2 Å². The van der Waals surface area contributed by atoms with E-state index in [1.165, 1.54) is 30.4 Å². The van der Waals surface area contributed by atoms with Crippen molar-refractivity contribution >= 4 is 35.7 Å². The molecule has 2 spiro atoms. The minimum absolute atomic E-state index is 0.0289. The second-order valence-corrected chi connectivity index (χ2v) is 24.7. The Hall–Kier alpha value is -0.140. The van der Waals surface area contributed by atoms with Gasteiger partial charge in [-0.2, -0.15) is 9.79 Å². The van der Waals surface area contributed by atoms with E-state index in [-0.39, 0.29) is 71.1 Å². The van der Waals surface area contributed by atoms with Crippen molar-refractivity contribution in [1.29, 1.82) is 0 Å². The van der Waals surface area contributed by atoms with Crippen LogP contribution in [0.4, 0.5) is 0 Å². The summed E-state index contributed by atoms with van der Waals surface area (Å²) in [7, 11) is -11.3. The highest BCUT2D eigenvalue weighted by Gasteiger charge is 2.54. The molecule has 0 aromatic heterocycles. The fraction of sp³-hybridized carbons (Fsp3) is 1.00. The summed E-state index contributed by atoms with van der Waals surface area (Å²) in [6.45, 7) is 19.9. The van der Waals surface area contributed by atoms with E-state index in [1.807, 2.05) is 16.7 Å². The lowest BCUT2D eigenvalue weighted by Gasteiger charge is -2.47. The Balaban J connectivity index is 1.32. The molecule has 0 saturated carbocycles. The summed E-state index contributed by atoms with van der Waals surface area (Å²) in [5.74, 6) is 2.60. The lowest BCUT2D eigenvalue weighted by atomic mass is 9.86. The molecule has 5 rings (SSSR count). The van der Waals surface area contributed by atoms with E-state index in [1.54, 1.807) is 0 Å². The topological polar surface area (TPSA) is 149 Å². The first-order valence-corrected chi connectivity index (χ1v) is 27.3. The van der Waals surface area contributed by atoms with E-state index >= 15 is 0 Å². The number of rotatable bonds is 19. The van der Waals surface area contributed by atoms with Gasteiger partial charge in [-0.3, -0.25) is 9.80 Å². The van der Waals surface area contributed by atoms with Crippen molar-refractivity contribution in [2.24, 2.45) is 47.3 Å². The quantitative estimate of drug-likeness (QED) is 0.143. The van der Waals surface area contributed by atoms with Crippen molar-refractivity contribution in [3.8, 4) is 0 Å². The standard InChI is InChI=1S/C37H70N4O8P2S2/c1-5-9-32-17-38(28-50(42)43)20-36(32)26-53(48,49)27-37-24-41(14-12-40(13-15-41)21-30(7-3)31(8-4)22-40)23-34(37)11-10-33-18-39(29-51(44)45)19-35(33)25-52(46,47)16-6-2/h30-37H,5-29H2,1-4H3/q+2/p+2. The van der Waals surface area contributed by atoms with Gasteiger partial charge in [-0.05, 0) is 71.3 Å². The average Bonchev–Trinajstić information content (AvgIpc) is 3.80. The third-order valence-electron chi connectivity index (χ3n) is 14.4. The van der Waals surface area contributed by atoms with E-state index in [2.05, 4.69) is 20.8 Å². The molecule has 0 bridgehead atoms. The van der Waals surface area contributed by atoms with Gasteiger partial charge in [0.2, 0.25) is 12.6 Å². The van der Waals surface area contributed by atoms with E-state index in [9.17, 15) is 35.8 Å². The Morgan fingerprint density at radius 2 is 0.925 bits per heavy atom. The smallest absolute Gasteiger partial charge is 0.314 e. The van der Waals surface area contributed by atoms with Gasteiger partial charge < -0.3 is 8.97 Å². The van der Waals surface area contributed by atoms with Crippen LogP contribution in [0.5, 0.6) is 0 Å². The molecule has 5 aliphatic rings. The number of hydrogen-bond acceptors (Lipinski definition) is 8. The number of piperazine rings is 1. The van der Waals surface area contributed by atoms with Crippen LogP contribution in [0.15, 0.2) is 0 Å². The van der Waals surface area contributed by atoms with Crippen LogP contribution >= 0.6 is 16.1 Å². The largest absolute Gasteiger partial charge is 0.521 e. The third kappa shape index (κ3) is 11.7. The SMILES string of the molecule is CCCC1CN(C[P+](=O)O)CC1CS(=O)(=O)CC1C[N+]2(CC[N+]3(CC2)CC(CC)C(CC)C3)CC1CCC1CN(C[P+](=O)O)CC1CS(=O)(=O)CCC. The molecule has 2 N–H and O–H groups in total. The molecule has 5 fully saturated rings. The van der Waals surface area contributed by atoms with Gasteiger partial charge >= 0.3 is 16.1 Å². The fourth-order valence-corrected chi connectivity index (χ4v) is 17.1. The Morgan fingerprint density at radius 1 is 0.528 bits per heavy atom. The molecule has 5 heterocycles. The molecule has 16 heteroatoms. The molecule has 5 saturated heterocycles. The monoisotopic (exact) mass is 826 g/mol. The predicted octanol–water partition coefficient (Wildman–Crippen LogP) is 4.25. The minimum atomic E-state index is -3.41. The summed E-state index contributed by atoms with van der Waals surface area (Å²) in [5.41, 5.74) is 0. The van der Waals surface area contributed by atoms with Crippen LogP contribution in [0.25, 0.3) is 0 Å². The number of sulfone groups is 2. The summed E-state index contributed by atoms with van der Waals surface area (Å²) in [5, 5.41) is 0. The van der Waals surface area contributed by atoms with Gasteiger partial charge in [-0.15, -0.1) is 0 Å². The highest BCUT2D eigenvalue weighted by atomic mass is 32.2. The maximum atomic E-state index is 14.2. The highest BCUT2D eigenvalue weighted by Crippen LogP contribution is 2.42. The maximum Gasteiger partial charge on any atom is 0.521 e. The van der Waals surface area contributed by atoms with Gasteiger partial charge in [0.15, 0.2) is 19.7 Å². The molecular formula is C37H72N4O8P2S2+4. The Kier molecular flexibility index (Phi) is 15.5. The zero-order valence-electron chi connectivity index (χ0n) is 33.1. The molecule has 0 radical (unpaired) electrons. The van der Waals surface area contributed by atoms with Crippen molar-refractivity contribution in [2.75, 3.05) is 114 Å². The molecule has 12 nitrogen and oxygen atoms in total. The molecule has 0 aliphatic carbocycles. The number of likely N-dealkylation sites (tertiary alicyclic amines) is 2. The molecule has 306 valence electrons. The van der Waals surface area contributed by atoms with Gasteiger partial charge in [0.05, 0.1) is 43.4 Å². The third-order valence-corrected chi connectivity index (χ3v) is 19.5. The Bertz CT molecular complexity index is 1460. The van der Waals surface area contributed by atoms with Crippen molar-refractivity contribution < 1.29 is 44.7 Å². The van der Waals surface area contributed by atoms with Gasteiger partial charge in [0, 0.05) is 55.6 Å². The van der Waals surface area contributed by atoms with E-state index < -0.39 is 35.7 Å². The van der Waals surface area contributed by atoms with Crippen molar-refractivity contribution in [3.05, 3.63) is 0 Å². The van der Waals surface area contributed by atoms with Crippen LogP contribution in [-0.2, 0) is 28.8 Å². The first kappa shape index (κ1) is 44.0. The fourth-order valence-electron chi connectivity index (χ4n) is 11.9. The maximum absolute atomic E-state index is 14.2. The minimum Gasteiger partial charge on any atom is -0.314 e. The first-order chi connectivity index (χ1) is 25.0. The number of quaternary nitrogens is 2. The van der Waals surface area contributed by atoms with Gasteiger partial charge in [0.25, 0.3) is 0 Å². The van der Waals surface area contributed by atoms with E-state index in [0.29, 0.717) is 32.6 Å². The van der Waals surface area contributed by atoms with Crippen molar-refractivity contribution in [3.63, 3.8) is 0 Å². The lowest BCUT2D eigenvalue weighted by molar-refractivity contribution is -1.02. The normalized spacial score (nSPS) is 37.7. The van der Waals surface area contributed by atoms with Crippen LogP contribution in [0.3, 0.4) is 0 Å². The summed E-state index contributed by atoms with van der Waals surface area (Å²) < 4.78 is 80.0. The molecule has 0 aromatic rings. The number of hydrogen-bond donors (Lipinski definition) is 2. The summed E-state index contributed by atoms with van der Waals surface area (Å²) in [4.78, 5) is 23.2. The highest BCUT2D eigenvalue weighted by molar-refractivity contribution is 7.91. The average molecular weight is 827 g/mol. The zero-order valence-corrected chi connectivity index (χ0v) is 36.6. The second kappa shape index (κ2) is 18.6. The van der Waals surface area contributed by atoms with Crippen LogP contribution in [-0.4, -0.2) is 160 Å². The van der Waals surface area contributed by atoms with E-state index in [4.69, 9.17) is 0 Å². The van der Waals surface area contributed by atoms with Crippen molar-refractivity contribution in [2.45, 2.75) is 72.6 Å². The Labute approximate surface area is 323 Å². The van der Waals surface area contributed by atoms with Crippen LogP contribution < -0.4 is 0 Å². The first-order valence-electron chi connectivity index (χ1n) is 20.8. The van der Waals surface area contributed by atoms with Crippen molar-refractivity contribution in [1.82, 2.24) is 9.80 Å². The summed E-state index contributed by atoms with van der Waals surface area (Å²) >= 11 is 0. The van der Waals surface area contributed by atoms with Crippen LogP contribution in [0.2, 0.25) is 0 Å². The molecule has 0 aromatic carbocycles. The summed E-state index contributed by atoms with van der Waals surface area (Å²) in [6, 6.07) is 0. The van der Waals surface area contributed by atoms with Crippen LogP contribution in [0, 0.1) is 47.3 Å². The van der Waals surface area contributed by atoms with Gasteiger partial charge in [-0.1, -0.05) is 34.1 Å². The Morgan fingerprint density at radius 3 is 1.38 bits per heavy atom. The predicted molar refractivity (Wildman–Crippen MR) is 212 cm³/mol. The number of nitrogens with zero attached hydrogens (tertiary/aromatic N) is 4. The molecular weight excluding hydrogens is 755 g/mol. The molecule has 10 atom stereocenters. The second-order valence-electron chi connectivity index (χ2n) is 18.3. The molecule has 5 aliphatic heterocycles. The molecule has 10 unspecified atom stereocenters. The lowest BCUT2D eigenvalue weighted by Crippen LogP contribution is -2.65.